The highest BCUT2D eigenvalue weighted by Gasteiger charge is 2.05. The number of hydrogen-bond donors (Lipinski definition) is 1. The first-order valence-corrected chi connectivity index (χ1v) is 5.45. The van der Waals surface area contributed by atoms with Gasteiger partial charge in [-0.1, -0.05) is 23.8 Å². The van der Waals surface area contributed by atoms with Crippen molar-refractivity contribution in [1.82, 2.24) is 4.98 Å². The molecule has 2 nitrogen and oxygen atoms in total. The summed E-state index contributed by atoms with van der Waals surface area (Å²) < 4.78 is 6.16. The minimum atomic E-state index is 0.817. The molecule has 1 heterocycles. The van der Waals surface area contributed by atoms with E-state index in [4.69, 9.17) is 17.0 Å². The van der Waals surface area contributed by atoms with E-state index in [1.807, 2.05) is 30.5 Å². The third kappa shape index (κ3) is 2.14. The van der Waals surface area contributed by atoms with E-state index < -0.39 is 0 Å². The van der Waals surface area contributed by atoms with E-state index in [1.165, 1.54) is 5.56 Å². The normalized spacial score (nSPS) is 10.1. The highest BCUT2D eigenvalue weighted by Crippen LogP contribution is 2.29. The fourth-order valence-corrected chi connectivity index (χ4v) is 1.82. The summed E-state index contributed by atoms with van der Waals surface area (Å²) in [4.78, 5) is 3.18. The lowest BCUT2D eigenvalue weighted by atomic mass is 10.1. The Morgan fingerprint density at radius 3 is 2.69 bits per heavy atom. The van der Waals surface area contributed by atoms with Crippen molar-refractivity contribution in [1.29, 1.82) is 0 Å². The van der Waals surface area contributed by atoms with Crippen LogP contribution in [0.25, 0.3) is 11.3 Å². The lowest BCUT2D eigenvalue weighted by Crippen LogP contribution is -1.90. The monoisotopic (exact) mass is 231 g/mol. The van der Waals surface area contributed by atoms with Crippen molar-refractivity contribution in [2.24, 2.45) is 0 Å². The molecule has 0 amide bonds. The molecule has 3 heteroatoms. The van der Waals surface area contributed by atoms with E-state index >= 15 is 0 Å². The van der Waals surface area contributed by atoms with Crippen LogP contribution >= 0.6 is 12.2 Å². The van der Waals surface area contributed by atoms with Crippen LogP contribution < -0.4 is 4.74 Å². The molecule has 0 atom stereocenters. The largest absolute Gasteiger partial charge is 0.496 e. The van der Waals surface area contributed by atoms with Gasteiger partial charge in [0.1, 0.15) is 5.75 Å². The number of nitrogens with one attached hydrogen (secondary N) is 1. The fraction of sp³-hybridized carbons (Fsp3) is 0.154. The van der Waals surface area contributed by atoms with Crippen LogP contribution in [0.2, 0.25) is 0 Å². The molecule has 0 saturated carbocycles. The molecule has 0 aliphatic carbocycles. The summed E-state index contributed by atoms with van der Waals surface area (Å²) in [6, 6.07) is 9.88. The van der Waals surface area contributed by atoms with Crippen LogP contribution in [0.4, 0.5) is 0 Å². The summed E-state index contributed by atoms with van der Waals surface area (Å²) in [5.74, 6) is 0.849. The average Bonchev–Trinajstić information content (AvgIpc) is 2.29. The quantitative estimate of drug-likeness (QED) is 0.797. The highest BCUT2D eigenvalue weighted by molar-refractivity contribution is 7.71. The van der Waals surface area contributed by atoms with E-state index in [0.29, 0.717) is 0 Å². The van der Waals surface area contributed by atoms with Crippen molar-refractivity contribution >= 4 is 12.2 Å². The standard InChI is InChI=1S/C13H13NOS/c1-9-3-4-13(15-2)11(7-9)12-8-10(16)5-6-14-12/h3-8H,1-2H3,(H,14,16). The van der Waals surface area contributed by atoms with Crippen molar-refractivity contribution in [2.45, 2.75) is 6.92 Å². The molecule has 0 unspecified atom stereocenters. The Labute approximate surface area is 99.9 Å². The van der Waals surface area contributed by atoms with Crippen molar-refractivity contribution in [2.75, 3.05) is 7.11 Å². The molecule has 0 bridgehead atoms. The Kier molecular flexibility index (Phi) is 3.06. The highest BCUT2D eigenvalue weighted by atomic mass is 32.1. The zero-order chi connectivity index (χ0) is 11.5. The third-order valence-electron chi connectivity index (χ3n) is 2.42. The number of aromatic nitrogens is 1. The first kappa shape index (κ1) is 10.9. The molecule has 16 heavy (non-hydrogen) atoms. The van der Waals surface area contributed by atoms with Gasteiger partial charge in [0, 0.05) is 16.3 Å². The Morgan fingerprint density at radius 1 is 1.19 bits per heavy atom. The summed E-state index contributed by atoms with van der Waals surface area (Å²) in [5.41, 5.74) is 3.21. The first-order chi connectivity index (χ1) is 7.70. The number of hydrogen-bond acceptors (Lipinski definition) is 2. The van der Waals surface area contributed by atoms with Gasteiger partial charge >= 0.3 is 0 Å². The third-order valence-corrected chi connectivity index (χ3v) is 2.67. The SMILES string of the molecule is COc1ccc(C)cc1-c1cc(=S)cc[nH]1. The van der Waals surface area contributed by atoms with Crippen LogP contribution in [0.3, 0.4) is 0 Å². The van der Waals surface area contributed by atoms with Gasteiger partial charge in [0.2, 0.25) is 0 Å². The second kappa shape index (κ2) is 4.49. The maximum Gasteiger partial charge on any atom is 0.128 e. The Bertz CT molecular complexity index is 560. The molecular weight excluding hydrogens is 218 g/mol. The van der Waals surface area contributed by atoms with Crippen LogP contribution in [-0.4, -0.2) is 12.1 Å². The molecule has 0 fully saturated rings. The second-order valence-corrected chi connectivity index (χ2v) is 4.11. The van der Waals surface area contributed by atoms with E-state index in [0.717, 1.165) is 21.5 Å². The molecule has 1 N–H and O–H groups in total. The van der Waals surface area contributed by atoms with E-state index in [1.54, 1.807) is 7.11 Å². The average molecular weight is 231 g/mol. The molecule has 0 saturated heterocycles. The summed E-state index contributed by atoms with van der Waals surface area (Å²) in [5, 5.41) is 0. The summed E-state index contributed by atoms with van der Waals surface area (Å²) in [7, 11) is 1.67. The topological polar surface area (TPSA) is 25.0 Å². The van der Waals surface area contributed by atoms with Crippen LogP contribution in [0.1, 0.15) is 5.56 Å². The molecule has 0 aliphatic rings. The lowest BCUT2D eigenvalue weighted by molar-refractivity contribution is 0.416. The van der Waals surface area contributed by atoms with Gasteiger partial charge in [-0.25, -0.2) is 0 Å². The fourth-order valence-electron chi connectivity index (χ4n) is 1.63. The first-order valence-electron chi connectivity index (χ1n) is 5.04. The Balaban J connectivity index is 2.62. The van der Waals surface area contributed by atoms with Gasteiger partial charge in [-0.15, -0.1) is 0 Å². The van der Waals surface area contributed by atoms with Crippen LogP contribution in [0.15, 0.2) is 36.5 Å². The van der Waals surface area contributed by atoms with Crippen LogP contribution in [-0.2, 0) is 0 Å². The van der Waals surface area contributed by atoms with Gasteiger partial charge < -0.3 is 9.72 Å². The summed E-state index contributed by atoms with van der Waals surface area (Å²) in [6.07, 6.45) is 1.85. The summed E-state index contributed by atoms with van der Waals surface area (Å²) in [6.45, 7) is 2.06. The van der Waals surface area contributed by atoms with Crippen LogP contribution in [0.5, 0.6) is 5.75 Å². The number of aryl methyl sites for hydroxylation is 1. The van der Waals surface area contributed by atoms with Crippen molar-refractivity contribution in [3.05, 3.63) is 46.6 Å². The number of rotatable bonds is 2. The zero-order valence-electron chi connectivity index (χ0n) is 9.28. The predicted octanol–water partition coefficient (Wildman–Crippen LogP) is 3.73. The maximum absolute atomic E-state index is 5.34. The molecule has 0 radical (unpaired) electrons. The second-order valence-electron chi connectivity index (χ2n) is 3.64. The molecule has 1 aromatic carbocycles. The Morgan fingerprint density at radius 2 is 2.00 bits per heavy atom. The number of methoxy groups -OCH3 is 1. The number of H-pyrrole nitrogens is 1. The van der Waals surface area contributed by atoms with Gasteiger partial charge in [0.25, 0.3) is 0 Å². The van der Waals surface area contributed by atoms with Crippen molar-refractivity contribution in [3.63, 3.8) is 0 Å². The predicted molar refractivity (Wildman–Crippen MR) is 68.4 cm³/mol. The Hall–Kier alpha value is -1.61. The van der Waals surface area contributed by atoms with Gasteiger partial charge in [-0.3, -0.25) is 0 Å². The van der Waals surface area contributed by atoms with Crippen molar-refractivity contribution in [3.8, 4) is 17.0 Å². The smallest absolute Gasteiger partial charge is 0.128 e. The lowest BCUT2D eigenvalue weighted by Gasteiger charge is -2.09. The number of benzene rings is 1. The van der Waals surface area contributed by atoms with E-state index in [-0.39, 0.29) is 0 Å². The number of pyridine rings is 1. The number of ether oxygens (including phenoxy) is 1. The van der Waals surface area contributed by atoms with Gasteiger partial charge in [0.05, 0.1) is 12.8 Å². The van der Waals surface area contributed by atoms with E-state index in [2.05, 4.69) is 18.0 Å². The van der Waals surface area contributed by atoms with Gasteiger partial charge in [-0.2, -0.15) is 0 Å². The number of aromatic amines is 1. The molecule has 0 aliphatic heterocycles. The molecule has 2 aromatic rings. The molecule has 2 rings (SSSR count). The molecule has 82 valence electrons. The van der Waals surface area contributed by atoms with E-state index in [9.17, 15) is 0 Å². The maximum atomic E-state index is 5.34. The summed E-state index contributed by atoms with van der Waals surface area (Å²) >= 11 is 5.15. The minimum Gasteiger partial charge on any atom is -0.496 e. The van der Waals surface area contributed by atoms with Crippen molar-refractivity contribution < 1.29 is 4.74 Å². The molecular formula is C13H13NOS. The minimum absolute atomic E-state index is 0.817. The van der Waals surface area contributed by atoms with Gasteiger partial charge in [0.15, 0.2) is 0 Å². The van der Waals surface area contributed by atoms with Gasteiger partial charge in [-0.05, 0) is 31.2 Å². The molecule has 0 spiro atoms. The molecule has 1 aromatic heterocycles. The zero-order valence-corrected chi connectivity index (χ0v) is 10.1. The van der Waals surface area contributed by atoms with Crippen LogP contribution in [0, 0.1) is 11.4 Å².